The Hall–Kier alpha value is -1.05. The molecule has 3 fully saturated rings. The number of esters is 1. The third-order valence-electron chi connectivity index (χ3n) is 14.3. The molecule has 0 radical (unpaired) electrons. The summed E-state index contributed by atoms with van der Waals surface area (Å²) < 4.78 is 6.12. The van der Waals surface area contributed by atoms with E-state index >= 15 is 0 Å². The lowest BCUT2D eigenvalue weighted by molar-refractivity contribution is -0.151. The van der Waals surface area contributed by atoms with Crippen molar-refractivity contribution in [2.24, 2.45) is 52.3 Å². The van der Waals surface area contributed by atoms with Crippen LogP contribution in [0, 0.1) is 52.3 Å². The topological polar surface area (TPSA) is 26.3 Å². The zero-order valence-electron chi connectivity index (χ0n) is 31.7. The molecule has 4 rings (SSSR count). The van der Waals surface area contributed by atoms with Crippen molar-refractivity contribution in [2.45, 2.75) is 196 Å². The Morgan fingerprint density at radius 1 is 0.804 bits per heavy atom. The van der Waals surface area contributed by atoms with Crippen LogP contribution in [0.1, 0.15) is 190 Å². The fourth-order valence-corrected chi connectivity index (χ4v) is 10.9. The molecule has 0 aromatic carbocycles. The molecular formula is C44H76O2. The van der Waals surface area contributed by atoms with Crippen LogP contribution in [0.2, 0.25) is 0 Å². The molecule has 2 nitrogen and oxygen atoms in total. The molecule has 4 aliphatic carbocycles. The van der Waals surface area contributed by atoms with Gasteiger partial charge in [-0.1, -0.05) is 149 Å². The summed E-state index contributed by atoms with van der Waals surface area (Å²) in [6, 6.07) is 0. The average Bonchev–Trinajstić information content (AvgIpc) is 3.39. The third kappa shape index (κ3) is 9.55. The van der Waals surface area contributed by atoms with Crippen LogP contribution in [0.25, 0.3) is 0 Å². The highest BCUT2D eigenvalue weighted by Gasteiger charge is 2.59. The summed E-state index contributed by atoms with van der Waals surface area (Å²) >= 11 is 0. The summed E-state index contributed by atoms with van der Waals surface area (Å²) in [5, 5.41) is 0. The molecular weight excluding hydrogens is 560 g/mol. The minimum absolute atomic E-state index is 0.0577. The fraction of sp³-hybridized carbons (Fsp3) is 0.886. The number of fused-ring (bicyclic) bond motifs is 5. The maximum Gasteiger partial charge on any atom is 0.306 e. The maximum absolute atomic E-state index is 12.8. The molecule has 0 aromatic rings. The molecule has 9 atom stereocenters. The molecule has 0 saturated heterocycles. The Morgan fingerprint density at radius 2 is 1.43 bits per heavy atom. The van der Waals surface area contributed by atoms with Gasteiger partial charge < -0.3 is 4.74 Å². The molecule has 0 aliphatic heterocycles. The Labute approximate surface area is 286 Å². The van der Waals surface area contributed by atoms with Crippen LogP contribution in [0.3, 0.4) is 0 Å². The Kier molecular flexibility index (Phi) is 14.8. The van der Waals surface area contributed by atoms with E-state index in [1.54, 1.807) is 5.57 Å². The number of unbranched alkanes of at least 4 members (excludes halogenated alkanes) is 12. The minimum Gasteiger partial charge on any atom is -0.462 e. The van der Waals surface area contributed by atoms with Crippen LogP contribution >= 0.6 is 0 Å². The Balaban J connectivity index is 1.17. The van der Waals surface area contributed by atoms with E-state index in [9.17, 15) is 4.79 Å². The van der Waals surface area contributed by atoms with Crippen LogP contribution in [0.5, 0.6) is 0 Å². The monoisotopic (exact) mass is 637 g/mol. The van der Waals surface area contributed by atoms with Crippen molar-refractivity contribution in [1.29, 1.82) is 0 Å². The van der Waals surface area contributed by atoms with Crippen molar-refractivity contribution in [3.8, 4) is 0 Å². The molecule has 0 aromatic heterocycles. The molecule has 0 spiro atoms. The van der Waals surface area contributed by atoms with Gasteiger partial charge in [0.15, 0.2) is 0 Å². The SMILES string of the molecule is CCCCCCCCCCCCCCCC(=O)OC1CCC2(C)C(=CCC3C2CCC2(C)C(C(C)C=CC(C)C(C)C)CCC32)C1. The first-order valence-corrected chi connectivity index (χ1v) is 20.7. The van der Waals surface area contributed by atoms with E-state index < -0.39 is 0 Å². The van der Waals surface area contributed by atoms with Crippen molar-refractivity contribution in [2.75, 3.05) is 0 Å². The normalized spacial score (nSPS) is 33.7. The quantitative estimate of drug-likeness (QED) is 0.0801. The molecule has 0 heterocycles. The van der Waals surface area contributed by atoms with Crippen molar-refractivity contribution in [3.05, 3.63) is 23.8 Å². The van der Waals surface area contributed by atoms with Gasteiger partial charge in [0, 0.05) is 12.8 Å². The van der Waals surface area contributed by atoms with Gasteiger partial charge in [-0.15, -0.1) is 0 Å². The first-order valence-electron chi connectivity index (χ1n) is 20.7. The van der Waals surface area contributed by atoms with E-state index in [1.165, 1.54) is 116 Å². The predicted molar refractivity (Wildman–Crippen MR) is 198 cm³/mol. The zero-order valence-corrected chi connectivity index (χ0v) is 31.7. The number of hydrogen-bond acceptors (Lipinski definition) is 2. The van der Waals surface area contributed by atoms with Crippen LogP contribution in [-0.2, 0) is 9.53 Å². The van der Waals surface area contributed by atoms with Gasteiger partial charge in [0.2, 0.25) is 0 Å². The number of carbonyl (C=O) groups is 1. The fourth-order valence-electron chi connectivity index (χ4n) is 10.9. The zero-order chi connectivity index (χ0) is 33.2. The van der Waals surface area contributed by atoms with Gasteiger partial charge in [0.25, 0.3) is 0 Å². The van der Waals surface area contributed by atoms with Crippen molar-refractivity contribution in [3.63, 3.8) is 0 Å². The van der Waals surface area contributed by atoms with Crippen LogP contribution in [0.4, 0.5) is 0 Å². The molecule has 4 aliphatic rings. The number of allylic oxidation sites excluding steroid dienone is 3. The summed E-state index contributed by atoms with van der Waals surface area (Å²) in [5.41, 5.74) is 2.45. The van der Waals surface area contributed by atoms with Crippen LogP contribution in [-0.4, -0.2) is 12.1 Å². The highest BCUT2D eigenvalue weighted by Crippen LogP contribution is 2.67. The third-order valence-corrected chi connectivity index (χ3v) is 14.3. The van der Waals surface area contributed by atoms with E-state index in [-0.39, 0.29) is 12.1 Å². The molecule has 3 saturated carbocycles. The summed E-state index contributed by atoms with van der Waals surface area (Å²) in [5.74, 6) is 5.50. The molecule has 0 amide bonds. The van der Waals surface area contributed by atoms with Crippen LogP contribution in [0.15, 0.2) is 23.8 Å². The lowest BCUT2D eigenvalue weighted by Crippen LogP contribution is -2.51. The van der Waals surface area contributed by atoms with E-state index in [2.05, 4.69) is 66.7 Å². The molecule has 0 N–H and O–H groups in total. The van der Waals surface area contributed by atoms with Crippen molar-refractivity contribution in [1.82, 2.24) is 0 Å². The second kappa shape index (κ2) is 18.1. The second-order valence-electron chi connectivity index (χ2n) is 17.7. The summed E-state index contributed by atoms with van der Waals surface area (Å²) in [7, 11) is 0. The number of rotatable bonds is 19. The van der Waals surface area contributed by atoms with E-state index in [0.717, 1.165) is 48.9 Å². The van der Waals surface area contributed by atoms with Gasteiger partial charge in [-0.05, 0) is 104 Å². The number of ether oxygens (including phenoxy) is 1. The lowest BCUT2D eigenvalue weighted by atomic mass is 9.47. The maximum atomic E-state index is 12.8. The van der Waals surface area contributed by atoms with E-state index in [1.807, 2.05) is 0 Å². The minimum atomic E-state index is 0.0577. The molecule has 46 heavy (non-hydrogen) atoms. The average molecular weight is 637 g/mol. The summed E-state index contributed by atoms with van der Waals surface area (Å²) in [6.07, 6.45) is 36.0. The van der Waals surface area contributed by atoms with Gasteiger partial charge in [-0.2, -0.15) is 0 Å². The molecule has 9 unspecified atom stereocenters. The summed E-state index contributed by atoms with van der Waals surface area (Å²) in [4.78, 5) is 12.8. The highest BCUT2D eigenvalue weighted by molar-refractivity contribution is 5.69. The smallest absolute Gasteiger partial charge is 0.306 e. The molecule has 264 valence electrons. The Bertz CT molecular complexity index is 976. The lowest BCUT2D eigenvalue weighted by Gasteiger charge is -2.58. The number of carbonyl (C=O) groups excluding carboxylic acids is 1. The van der Waals surface area contributed by atoms with Crippen LogP contribution < -0.4 is 0 Å². The number of hydrogen-bond donors (Lipinski definition) is 0. The second-order valence-corrected chi connectivity index (χ2v) is 17.7. The molecule has 0 bridgehead atoms. The largest absolute Gasteiger partial charge is 0.462 e. The van der Waals surface area contributed by atoms with Crippen molar-refractivity contribution < 1.29 is 9.53 Å². The van der Waals surface area contributed by atoms with Gasteiger partial charge in [0.05, 0.1) is 0 Å². The summed E-state index contributed by atoms with van der Waals surface area (Å²) in [6.45, 7) is 17.1. The van der Waals surface area contributed by atoms with Gasteiger partial charge in [-0.3, -0.25) is 4.79 Å². The highest BCUT2D eigenvalue weighted by atomic mass is 16.5. The van der Waals surface area contributed by atoms with Gasteiger partial charge in [0.1, 0.15) is 6.10 Å². The van der Waals surface area contributed by atoms with E-state index in [4.69, 9.17) is 4.74 Å². The first-order chi connectivity index (χ1) is 22.1. The van der Waals surface area contributed by atoms with Gasteiger partial charge in [-0.25, -0.2) is 0 Å². The van der Waals surface area contributed by atoms with Crippen molar-refractivity contribution >= 4 is 5.97 Å². The predicted octanol–water partition coefficient (Wildman–Crippen LogP) is 13.4. The standard InChI is InChI=1S/C44H76O2/c1-8-9-10-11-12-13-14-15-16-17-18-19-20-21-42(45)46-37-28-30-43(6)36(32-37)24-25-38-40-27-26-39(44(40,7)31-29-41(38)43)35(5)23-22-34(4)33(2)3/h22-24,33-35,37-41H,8-21,25-32H2,1-7H3. The Morgan fingerprint density at radius 3 is 2.07 bits per heavy atom. The molecule has 2 heteroatoms. The van der Waals surface area contributed by atoms with E-state index in [0.29, 0.717) is 29.1 Å². The first kappa shape index (κ1) is 37.8. The van der Waals surface area contributed by atoms with Gasteiger partial charge >= 0.3 is 5.97 Å².